The Morgan fingerprint density at radius 1 is 1.27 bits per heavy atom. The number of ether oxygens (including phenoxy) is 2. The van der Waals surface area contributed by atoms with Gasteiger partial charge in [0.05, 0.1) is 19.5 Å². The van der Waals surface area contributed by atoms with Crippen LogP contribution in [0, 0.1) is 0 Å². The molecule has 0 aliphatic rings. The molecule has 0 fully saturated rings. The second-order valence-electron chi connectivity index (χ2n) is 5.39. The van der Waals surface area contributed by atoms with Gasteiger partial charge in [-0.2, -0.15) is 0 Å². The van der Waals surface area contributed by atoms with Gasteiger partial charge >= 0.3 is 0 Å². The normalized spacial score (nSPS) is 11.7. The van der Waals surface area contributed by atoms with E-state index in [-0.39, 0.29) is 11.2 Å². The van der Waals surface area contributed by atoms with E-state index in [0.29, 0.717) is 6.54 Å². The number of hydrogen-bond acceptors (Lipinski definition) is 8. The number of hydrogen-bond donors (Lipinski definition) is 2. The third kappa shape index (κ3) is 5.77. The Morgan fingerprint density at radius 2 is 2.04 bits per heavy atom. The summed E-state index contributed by atoms with van der Waals surface area (Å²) in [4.78, 5) is 11.8. The lowest BCUT2D eigenvalue weighted by atomic mass is 10.1. The molecule has 2 rings (SSSR count). The molecule has 0 saturated heterocycles. The fraction of sp³-hybridized carbons (Fsp3) is 0.471. The molecule has 9 heteroatoms. The monoisotopic (exact) mass is 396 g/mol. The van der Waals surface area contributed by atoms with Crippen LogP contribution < -0.4 is 20.1 Å². The lowest BCUT2D eigenvalue weighted by Gasteiger charge is -2.09. The maximum Gasteiger partial charge on any atom is 0.233 e. The van der Waals surface area contributed by atoms with Crippen LogP contribution in [0.1, 0.15) is 19.4 Å². The molecule has 0 unspecified atom stereocenters. The lowest BCUT2D eigenvalue weighted by Crippen LogP contribution is -2.30. The van der Waals surface area contributed by atoms with Crippen molar-refractivity contribution in [1.82, 2.24) is 15.5 Å². The summed E-state index contributed by atoms with van der Waals surface area (Å²) in [7, 11) is 3.25. The van der Waals surface area contributed by atoms with Crippen LogP contribution in [-0.2, 0) is 11.2 Å². The topological polar surface area (TPSA) is 85.4 Å². The number of anilines is 1. The highest BCUT2D eigenvalue weighted by atomic mass is 32.2. The van der Waals surface area contributed by atoms with Crippen molar-refractivity contribution in [2.75, 3.05) is 32.6 Å². The van der Waals surface area contributed by atoms with Crippen molar-refractivity contribution in [2.24, 2.45) is 0 Å². The first-order valence-electron chi connectivity index (χ1n) is 8.30. The van der Waals surface area contributed by atoms with E-state index in [4.69, 9.17) is 9.47 Å². The number of nitrogens with one attached hydrogen (secondary N) is 2. The third-order valence-corrected chi connectivity index (χ3v) is 5.61. The molecule has 1 amide bonds. The van der Waals surface area contributed by atoms with Crippen LogP contribution in [0.25, 0.3) is 0 Å². The van der Waals surface area contributed by atoms with E-state index >= 15 is 0 Å². The minimum Gasteiger partial charge on any atom is -0.493 e. The first kappa shape index (κ1) is 20.3. The summed E-state index contributed by atoms with van der Waals surface area (Å²) in [5, 5.41) is 14.9. The zero-order chi connectivity index (χ0) is 18.9. The molecule has 2 aromatic rings. The number of aromatic nitrogens is 2. The van der Waals surface area contributed by atoms with E-state index in [1.807, 2.05) is 32.0 Å². The van der Waals surface area contributed by atoms with Crippen LogP contribution >= 0.6 is 23.1 Å². The van der Waals surface area contributed by atoms with E-state index in [0.717, 1.165) is 39.5 Å². The Labute approximate surface area is 161 Å². The fourth-order valence-electron chi connectivity index (χ4n) is 2.20. The van der Waals surface area contributed by atoms with Crippen LogP contribution in [0.5, 0.6) is 11.5 Å². The van der Waals surface area contributed by atoms with Gasteiger partial charge in [0.25, 0.3) is 0 Å². The molecule has 2 N–H and O–H groups in total. The Kier molecular flexibility index (Phi) is 7.99. The molecule has 26 heavy (non-hydrogen) atoms. The van der Waals surface area contributed by atoms with Gasteiger partial charge in [-0.1, -0.05) is 29.2 Å². The van der Waals surface area contributed by atoms with E-state index in [2.05, 4.69) is 20.8 Å². The summed E-state index contributed by atoms with van der Waals surface area (Å²) in [5.41, 5.74) is 1.14. The molecule has 7 nitrogen and oxygen atoms in total. The summed E-state index contributed by atoms with van der Waals surface area (Å²) in [6, 6.07) is 5.88. The third-order valence-electron chi connectivity index (χ3n) is 3.54. The van der Waals surface area contributed by atoms with Crippen molar-refractivity contribution in [2.45, 2.75) is 29.9 Å². The summed E-state index contributed by atoms with van der Waals surface area (Å²) in [6.45, 7) is 5.12. The minimum atomic E-state index is -0.192. The Hall–Kier alpha value is -2.00. The van der Waals surface area contributed by atoms with Gasteiger partial charge in [0.2, 0.25) is 11.0 Å². The van der Waals surface area contributed by atoms with Gasteiger partial charge in [0.1, 0.15) is 0 Å². The number of thioether (sulfide) groups is 1. The number of benzene rings is 1. The number of carbonyl (C=O) groups excluding carboxylic acids is 1. The minimum absolute atomic E-state index is 0.00987. The van der Waals surface area contributed by atoms with Gasteiger partial charge in [-0.05, 0) is 38.0 Å². The highest BCUT2D eigenvalue weighted by Gasteiger charge is 2.16. The smallest absolute Gasteiger partial charge is 0.233 e. The van der Waals surface area contributed by atoms with E-state index in [1.165, 1.54) is 23.1 Å². The van der Waals surface area contributed by atoms with Crippen LogP contribution in [0.4, 0.5) is 5.13 Å². The predicted octanol–water partition coefficient (Wildman–Crippen LogP) is 2.83. The second-order valence-corrected chi connectivity index (χ2v) is 7.96. The number of amides is 1. The van der Waals surface area contributed by atoms with Crippen LogP contribution in [0.2, 0.25) is 0 Å². The fourth-order valence-corrected chi connectivity index (χ4v) is 4.15. The molecule has 1 aromatic heterocycles. The zero-order valence-electron chi connectivity index (χ0n) is 15.4. The Bertz CT molecular complexity index is 724. The Morgan fingerprint density at radius 3 is 2.73 bits per heavy atom. The molecular weight excluding hydrogens is 372 g/mol. The maximum absolute atomic E-state index is 11.8. The van der Waals surface area contributed by atoms with Gasteiger partial charge in [-0.25, -0.2) is 0 Å². The van der Waals surface area contributed by atoms with E-state index in [1.54, 1.807) is 14.2 Å². The molecule has 0 spiro atoms. The number of rotatable bonds is 10. The largest absolute Gasteiger partial charge is 0.493 e. The number of nitrogens with zero attached hydrogens (tertiary/aromatic N) is 2. The first-order valence-corrected chi connectivity index (χ1v) is 9.99. The molecule has 142 valence electrons. The van der Waals surface area contributed by atoms with Crippen molar-refractivity contribution in [3.8, 4) is 11.5 Å². The average molecular weight is 397 g/mol. The van der Waals surface area contributed by atoms with Crippen molar-refractivity contribution in [1.29, 1.82) is 0 Å². The van der Waals surface area contributed by atoms with Gasteiger partial charge in [-0.15, -0.1) is 10.2 Å². The summed E-state index contributed by atoms with van der Waals surface area (Å²) < 4.78 is 11.3. The van der Waals surface area contributed by atoms with Crippen LogP contribution in [0.15, 0.2) is 22.5 Å². The predicted molar refractivity (Wildman–Crippen MR) is 106 cm³/mol. The van der Waals surface area contributed by atoms with Crippen molar-refractivity contribution in [3.05, 3.63) is 23.8 Å². The quantitative estimate of drug-likeness (QED) is 0.597. The summed E-state index contributed by atoms with van der Waals surface area (Å²) in [5.74, 6) is 1.45. The molecule has 1 heterocycles. The molecule has 0 radical (unpaired) electrons. The second kappa shape index (κ2) is 10.2. The highest BCUT2D eigenvalue weighted by Crippen LogP contribution is 2.29. The average Bonchev–Trinajstić information content (AvgIpc) is 3.08. The van der Waals surface area contributed by atoms with Gasteiger partial charge in [-0.3, -0.25) is 4.79 Å². The number of carbonyl (C=O) groups is 1. The molecule has 1 aromatic carbocycles. The highest BCUT2D eigenvalue weighted by molar-refractivity contribution is 8.02. The van der Waals surface area contributed by atoms with E-state index < -0.39 is 0 Å². The summed E-state index contributed by atoms with van der Waals surface area (Å²) >= 11 is 2.86. The zero-order valence-corrected chi connectivity index (χ0v) is 17.0. The Balaban J connectivity index is 1.83. The van der Waals surface area contributed by atoms with Crippen molar-refractivity contribution >= 4 is 34.1 Å². The standard InChI is InChI=1S/C17H24N4O3S2/c1-5-18-15(22)11(2)25-17-21-20-16(26-17)19-9-8-12-6-7-13(23-3)14(10-12)24-4/h6-7,10-11H,5,8-9H2,1-4H3,(H,18,22)(H,19,20)/t11-/m0/s1. The van der Waals surface area contributed by atoms with Gasteiger partial charge in [0.15, 0.2) is 15.8 Å². The van der Waals surface area contributed by atoms with E-state index in [9.17, 15) is 4.79 Å². The van der Waals surface area contributed by atoms with Gasteiger partial charge in [0, 0.05) is 13.1 Å². The molecule has 1 atom stereocenters. The number of methoxy groups -OCH3 is 2. The molecule has 0 aliphatic carbocycles. The first-order chi connectivity index (χ1) is 12.6. The molecule has 0 saturated carbocycles. The van der Waals surface area contributed by atoms with Crippen molar-refractivity contribution in [3.63, 3.8) is 0 Å². The molecule has 0 aliphatic heterocycles. The van der Waals surface area contributed by atoms with Crippen LogP contribution in [-0.4, -0.2) is 48.7 Å². The van der Waals surface area contributed by atoms with Gasteiger partial charge < -0.3 is 20.1 Å². The molecular formula is C17H24N4O3S2. The van der Waals surface area contributed by atoms with Crippen molar-refractivity contribution < 1.29 is 14.3 Å². The summed E-state index contributed by atoms with van der Waals surface area (Å²) in [6.07, 6.45) is 0.817. The molecule has 0 bridgehead atoms. The maximum atomic E-state index is 11.8. The van der Waals surface area contributed by atoms with Crippen LogP contribution in [0.3, 0.4) is 0 Å². The lowest BCUT2D eigenvalue weighted by molar-refractivity contribution is -0.120. The SMILES string of the molecule is CCNC(=O)[C@H](C)Sc1nnc(NCCc2ccc(OC)c(OC)c2)s1.